The summed E-state index contributed by atoms with van der Waals surface area (Å²) < 4.78 is 14.0. The van der Waals surface area contributed by atoms with Crippen LogP contribution in [0, 0.1) is 0 Å². The maximum absolute atomic E-state index is 12.9. The topological polar surface area (TPSA) is 121 Å². The molecule has 5 aromatic rings. The molecule has 2 aromatic carbocycles. The Bertz CT molecular complexity index is 1630. The van der Waals surface area contributed by atoms with Crippen molar-refractivity contribution in [3.63, 3.8) is 0 Å². The average molecular weight is 472 g/mol. The minimum Gasteiger partial charge on any atom is -0.497 e. The van der Waals surface area contributed by atoms with Crippen LogP contribution in [0.25, 0.3) is 22.4 Å². The number of carbonyl (C=O) groups excluding carboxylic acids is 2. The van der Waals surface area contributed by atoms with Gasteiger partial charge in [0.05, 0.1) is 31.2 Å². The van der Waals surface area contributed by atoms with Crippen LogP contribution in [-0.4, -0.2) is 49.9 Å². The highest BCUT2D eigenvalue weighted by molar-refractivity contribution is 6.01. The predicted molar refractivity (Wildman–Crippen MR) is 127 cm³/mol. The Kier molecular flexibility index (Phi) is 5.49. The number of para-hydroxylation sites is 1. The Morgan fingerprint density at radius 3 is 2.51 bits per heavy atom. The molecule has 0 unspecified atom stereocenters. The summed E-state index contributed by atoms with van der Waals surface area (Å²) in [4.78, 5) is 37.5. The van der Waals surface area contributed by atoms with Crippen LogP contribution in [0.5, 0.6) is 5.75 Å². The molecule has 0 aliphatic carbocycles. The number of nitrogens with zero attached hydrogens (tertiary/aromatic N) is 5. The normalized spacial score (nSPS) is 11.0. The van der Waals surface area contributed by atoms with Crippen molar-refractivity contribution in [1.29, 1.82) is 0 Å². The summed E-state index contributed by atoms with van der Waals surface area (Å²) in [6.07, 6.45) is 3.19. The summed E-state index contributed by atoms with van der Waals surface area (Å²) in [6.45, 7) is -0.346. The maximum Gasteiger partial charge on any atom is 0.350 e. The van der Waals surface area contributed by atoms with Gasteiger partial charge in [-0.2, -0.15) is 5.10 Å². The molecule has 0 saturated carbocycles. The fourth-order valence-corrected chi connectivity index (χ4v) is 3.75. The third-order valence-corrected chi connectivity index (χ3v) is 5.48. The smallest absolute Gasteiger partial charge is 0.350 e. The standard InChI is InChI=1S/C24H20N6O5/c1-34-16-9-7-15(8-10-16)19-13-20-22-27-30(24(33)28(22)11-12-29(20)26-19)14-21(31)25-18-6-4-3-5-17(18)23(32)35-2/h3-13H,14H2,1-2H3,(H,25,31). The van der Waals surface area contributed by atoms with Crippen LogP contribution < -0.4 is 15.7 Å². The molecule has 0 bridgehead atoms. The molecule has 3 aromatic heterocycles. The van der Waals surface area contributed by atoms with Crippen molar-refractivity contribution in [3.05, 3.63) is 83.0 Å². The molecule has 0 aliphatic heterocycles. The van der Waals surface area contributed by atoms with E-state index >= 15 is 0 Å². The number of hydrogen-bond acceptors (Lipinski definition) is 7. The molecule has 0 spiro atoms. The highest BCUT2D eigenvalue weighted by Gasteiger charge is 2.17. The van der Waals surface area contributed by atoms with E-state index in [0.29, 0.717) is 16.9 Å². The number of fused-ring (bicyclic) bond motifs is 3. The summed E-state index contributed by atoms with van der Waals surface area (Å²) in [5.74, 6) is -0.366. The first-order valence-corrected chi connectivity index (χ1v) is 10.6. The molecule has 0 atom stereocenters. The van der Waals surface area contributed by atoms with E-state index in [0.717, 1.165) is 16.0 Å². The molecule has 1 amide bonds. The van der Waals surface area contributed by atoms with Gasteiger partial charge in [0.15, 0.2) is 5.65 Å². The van der Waals surface area contributed by atoms with Crippen LogP contribution in [0.4, 0.5) is 5.69 Å². The lowest BCUT2D eigenvalue weighted by Gasteiger charge is -2.09. The highest BCUT2D eigenvalue weighted by Crippen LogP contribution is 2.23. The highest BCUT2D eigenvalue weighted by atomic mass is 16.5. The number of nitrogens with one attached hydrogen (secondary N) is 1. The first-order valence-electron chi connectivity index (χ1n) is 10.6. The second kappa shape index (κ2) is 8.78. The molecule has 3 heterocycles. The fourth-order valence-electron chi connectivity index (χ4n) is 3.75. The molecule has 11 heteroatoms. The van der Waals surface area contributed by atoms with Gasteiger partial charge in [0, 0.05) is 18.0 Å². The number of esters is 1. The summed E-state index contributed by atoms with van der Waals surface area (Å²) in [5, 5.41) is 11.6. The van der Waals surface area contributed by atoms with Crippen LogP contribution in [0.1, 0.15) is 10.4 Å². The van der Waals surface area contributed by atoms with Gasteiger partial charge in [-0.25, -0.2) is 23.2 Å². The Morgan fingerprint density at radius 1 is 1.00 bits per heavy atom. The van der Waals surface area contributed by atoms with Crippen molar-refractivity contribution in [2.24, 2.45) is 0 Å². The van der Waals surface area contributed by atoms with Gasteiger partial charge in [0.2, 0.25) is 5.91 Å². The zero-order valence-electron chi connectivity index (χ0n) is 18.8. The van der Waals surface area contributed by atoms with Crippen molar-refractivity contribution >= 4 is 28.7 Å². The van der Waals surface area contributed by atoms with Crippen LogP contribution in [0.3, 0.4) is 0 Å². The molecule has 35 heavy (non-hydrogen) atoms. The van der Waals surface area contributed by atoms with Crippen LogP contribution in [-0.2, 0) is 16.1 Å². The minimum absolute atomic E-state index is 0.206. The first kappa shape index (κ1) is 21.9. The van der Waals surface area contributed by atoms with Gasteiger partial charge in [-0.15, -0.1) is 5.10 Å². The molecule has 11 nitrogen and oxygen atoms in total. The van der Waals surface area contributed by atoms with Gasteiger partial charge in [-0.1, -0.05) is 12.1 Å². The summed E-state index contributed by atoms with van der Waals surface area (Å²) in [6, 6.07) is 15.7. The molecular formula is C24H20N6O5. The van der Waals surface area contributed by atoms with Crippen molar-refractivity contribution in [2.75, 3.05) is 19.5 Å². The third kappa shape index (κ3) is 3.99. The number of benzene rings is 2. The van der Waals surface area contributed by atoms with E-state index in [4.69, 9.17) is 9.47 Å². The number of rotatable bonds is 6. The number of anilines is 1. The van der Waals surface area contributed by atoms with E-state index in [1.165, 1.54) is 17.6 Å². The summed E-state index contributed by atoms with van der Waals surface area (Å²) >= 11 is 0. The molecular weight excluding hydrogens is 452 g/mol. The quantitative estimate of drug-likeness (QED) is 0.376. The van der Waals surface area contributed by atoms with E-state index < -0.39 is 17.6 Å². The Balaban J connectivity index is 1.45. The molecule has 0 aliphatic rings. The minimum atomic E-state index is -0.582. The number of carbonyl (C=O) groups is 2. The van der Waals surface area contributed by atoms with Crippen molar-refractivity contribution < 1.29 is 19.1 Å². The summed E-state index contributed by atoms with van der Waals surface area (Å²) in [5.41, 5.74) is 2.53. The maximum atomic E-state index is 12.9. The second-order valence-corrected chi connectivity index (χ2v) is 7.61. The van der Waals surface area contributed by atoms with Gasteiger partial charge < -0.3 is 14.8 Å². The van der Waals surface area contributed by atoms with E-state index in [1.807, 2.05) is 30.3 Å². The van der Waals surface area contributed by atoms with Crippen molar-refractivity contribution in [1.82, 2.24) is 23.8 Å². The molecule has 176 valence electrons. The fraction of sp³-hybridized carbons (Fsp3) is 0.125. The Labute approximate surface area is 198 Å². The van der Waals surface area contributed by atoms with E-state index in [1.54, 1.807) is 42.2 Å². The molecule has 0 saturated heterocycles. The number of amides is 1. The van der Waals surface area contributed by atoms with Gasteiger partial charge in [0.25, 0.3) is 0 Å². The monoisotopic (exact) mass is 472 g/mol. The van der Waals surface area contributed by atoms with E-state index in [-0.39, 0.29) is 17.8 Å². The number of hydrogen-bond donors (Lipinski definition) is 1. The number of methoxy groups -OCH3 is 2. The van der Waals surface area contributed by atoms with Crippen LogP contribution in [0.15, 0.2) is 71.8 Å². The number of aromatic nitrogens is 5. The zero-order valence-corrected chi connectivity index (χ0v) is 18.8. The molecule has 1 N–H and O–H groups in total. The van der Waals surface area contributed by atoms with Crippen molar-refractivity contribution in [2.45, 2.75) is 6.54 Å². The number of ether oxygens (including phenoxy) is 2. The second-order valence-electron chi connectivity index (χ2n) is 7.61. The molecule has 0 radical (unpaired) electrons. The lowest BCUT2D eigenvalue weighted by Crippen LogP contribution is -2.28. The largest absolute Gasteiger partial charge is 0.497 e. The Morgan fingerprint density at radius 2 is 1.77 bits per heavy atom. The molecule has 0 fully saturated rings. The van der Waals surface area contributed by atoms with Crippen LogP contribution in [0.2, 0.25) is 0 Å². The predicted octanol–water partition coefficient (Wildman–Crippen LogP) is 2.24. The third-order valence-electron chi connectivity index (χ3n) is 5.48. The zero-order chi connectivity index (χ0) is 24.5. The van der Waals surface area contributed by atoms with Gasteiger partial charge >= 0.3 is 11.7 Å². The first-order chi connectivity index (χ1) is 17.0. The Hall–Kier alpha value is -4.93. The SMILES string of the molecule is COC(=O)c1ccccc1NC(=O)Cn1nc2c3cc(-c4ccc(OC)cc4)nn3ccn2c1=O. The van der Waals surface area contributed by atoms with Crippen LogP contribution >= 0.6 is 0 Å². The summed E-state index contributed by atoms with van der Waals surface area (Å²) in [7, 11) is 2.86. The average Bonchev–Trinajstić information content (AvgIpc) is 3.45. The molecule has 5 rings (SSSR count). The lowest BCUT2D eigenvalue weighted by atomic mass is 10.1. The van der Waals surface area contributed by atoms with Gasteiger partial charge in [-0.3, -0.25) is 4.79 Å². The van der Waals surface area contributed by atoms with Gasteiger partial charge in [-0.05, 0) is 42.5 Å². The lowest BCUT2D eigenvalue weighted by molar-refractivity contribution is -0.117. The van der Waals surface area contributed by atoms with Gasteiger partial charge in [0.1, 0.15) is 17.8 Å². The van der Waals surface area contributed by atoms with E-state index in [2.05, 4.69) is 15.5 Å². The van der Waals surface area contributed by atoms with Crippen molar-refractivity contribution in [3.8, 4) is 17.0 Å². The van der Waals surface area contributed by atoms with E-state index in [9.17, 15) is 14.4 Å².